The van der Waals surface area contributed by atoms with Crippen molar-refractivity contribution in [3.05, 3.63) is 53.2 Å². The van der Waals surface area contributed by atoms with Crippen molar-refractivity contribution in [1.82, 2.24) is 4.98 Å². The van der Waals surface area contributed by atoms with E-state index < -0.39 is 0 Å². The fourth-order valence-corrected chi connectivity index (χ4v) is 2.38. The second kappa shape index (κ2) is 5.74. The van der Waals surface area contributed by atoms with Crippen molar-refractivity contribution < 1.29 is 0 Å². The first kappa shape index (κ1) is 14.1. The number of hydrogen-bond acceptors (Lipinski definition) is 3. The first-order chi connectivity index (χ1) is 9.56. The van der Waals surface area contributed by atoms with Gasteiger partial charge in [0.1, 0.15) is 11.7 Å². The molecule has 1 aromatic heterocycles. The molecule has 1 heterocycles. The number of rotatable bonds is 4. The molecule has 4 nitrogen and oxygen atoms in total. The van der Waals surface area contributed by atoms with Gasteiger partial charge in [0.05, 0.1) is 5.56 Å². The maximum absolute atomic E-state index is 7.81. The van der Waals surface area contributed by atoms with Crippen molar-refractivity contribution in [2.45, 2.75) is 20.8 Å². The van der Waals surface area contributed by atoms with Gasteiger partial charge in [0.15, 0.2) is 0 Å². The Labute approximate surface area is 119 Å². The third kappa shape index (κ3) is 2.50. The molecule has 0 aliphatic carbocycles. The van der Waals surface area contributed by atoms with E-state index in [0.29, 0.717) is 5.56 Å². The Morgan fingerprint density at radius 2 is 1.90 bits per heavy atom. The number of benzene rings is 1. The van der Waals surface area contributed by atoms with Gasteiger partial charge in [0, 0.05) is 18.4 Å². The van der Waals surface area contributed by atoms with Crippen LogP contribution >= 0.6 is 0 Å². The zero-order valence-electron chi connectivity index (χ0n) is 12.1. The molecule has 104 valence electrons. The maximum atomic E-state index is 7.81. The number of nitrogens with two attached hydrogens (primary N) is 1. The molecule has 0 bridgehead atoms. The van der Waals surface area contributed by atoms with Gasteiger partial charge < -0.3 is 10.6 Å². The molecule has 0 saturated carbocycles. The van der Waals surface area contributed by atoms with Crippen LogP contribution in [0.15, 0.2) is 36.5 Å². The molecule has 0 aliphatic rings. The van der Waals surface area contributed by atoms with E-state index in [1.807, 2.05) is 25.1 Å². The van der Waals surface area contributed by atoms with E-state index in [9.17, 15) is 0 Å². The Hall–Kier alpha value is -2.36. The summed E-state index contributed by atoms with van der Waals surface area (Å²) in [4.78, 5) is 6.55. The number of anilines is 2. The van der Waals surface area contributed by atoms with Crippen molar-refractivity contribution in [1.29, 1.82) is 5.41 Å². The van der Waals surface area contributed by atoms with Gasteiger partial charge in [-0.25, -0.2) is 4.98 Å². The molecule has 2 rings (SSSR count). The minimum atomic E-state index is 0.0534. The average molecular weight is 268 g/mol. The fraction of sp³-hybridized carbons (Fsp3) is 0.250. The molecule has 0 fully saturated rings. The van der Waals surface area contributed by atoms with Gasteiger partial charge in [-0.1, -0.05) is 18.2 Å². The number of para-hydroxylation sites is 1. The van der Waals surface area contributed by atoms with E-state index in [-0.39, 0.29) is 5.84 Å². The second-order valence-corrected chi connectivity index (χ2v) is 4.77. The summed E-state index contributed by atoms with van der Waals surface area (Å²) in [6.45, 7) is 6.86. The van der Waals surface area contributed by atoms with Crippen LogP contribution in [0, 0.1) is 19.3 Å². The van der Waals surface area contributed by atoms with Gasteiger partial charge in [-0.05, 0) is 44.0 Å². The molecule has 0 saturated heterocycles. The molecule has 20 heavy (non-hydrogen) atoms. The van der Waals surface area contributed by atoms with Crippen molar-refractivity contribution >= 4 is 17.3 Å². The lowest BCUT2D eigenvalue weighted by Crippen LogP contribution is -2.24. The highest BCUT2D eigenvalue weighted by atomic mass is 15.2. The highest BCUT2D eigenvalue weighted by Crippen LogP contribution is 2.30. The Kier molecular flexibility index (Phi) is 4.03. The van der Waals surface area contributed by atoms with E-state index in [2.05, 4.69) is 35.9 Å². The molecule has 0 amide bonds. The Morgan fingerprint density at radius 3 is 2.50 bits per heavy atom. The van der Waals surface area contributed by atoms with E-state index in [4.69, 9.17) is 11.1 Å². The van der Waals surface area contributed by atoms with Gasteiger partial charge in [-0.3, -0.25) is 5.41 Å². The van der Waals surface area contributed by atoms with Crippen LogP contribution in [0.25, 0.3) is 0 Å². The van der Waals surface area contributed by atoms with E-state index >= 15 is 0 Å². The second-order valence-electron chi connectivity index (χ2n) is 4.77. The first-order valence-corrected chi connectivity index (χ1v) is 6.69. The molecule has 0 spiro atoms. The van der Waals surface area contributed by atoms with Crippen LogP contribution in [0.1, 0.15) is 23.6 Å². The summed E-state index contributed by atoms with van der Waals surface area (Å²) in [6, 6.07) is 10.0. The fourth-order valence-electron chi connectivity index (χ4n) is 2.38. The van der Waals surface area contributed by atoms with Gasteiger partial charge in [-0.2, -0.15) is 0 Å². The van der Waals surface area contributed by atoms with Crippen molar-refractivity contribution in [3.63, 3.8) is 0 Å². The van der Waals surface area contributed by atoms with Crippen molar-refractivity contribution in [2.24, 2.45) is 5.73 Å². The van der Waals surface area contributed by atoms with E-state index in [0.717, 1.165) is 23.6 Å². The number of nitrogens with zero attached hydrogens (tertiary/aromatic N) is 2. The lowest BCUT2D eigenvalue weighted by Gasteiger charge is -2.26. The monoisotopic (exact) mass is 268 g/mol. The number of pyridine rings is 1. The molecule has 3 N–H and O–H groups in total. The van der Waals surface area contributed by atoms with E-state index in [1.165, 1.54) is 5.56 Å². The Morgan fingerprint density at radius 1 is 1.20 bits per heavy atom. The summed E-state index contributed by atoms with van der Waals surface area (Å²) in [5.41, 5.74) is 9.68. The van der Waals surface area contributed by atoms with Crippen molar-refractivity contribution in [3.8, 4) is 0 Å². The molecule has 2 aromatic rings. The van der Waals surface area contributed by atoms with Gasteiger partial charge in [-0.15, -0.1) is 0 Å². The largest absolute Gasteiger partial charge is 0.384 e. The number of nitrogens with one attached hydrogen (secondary N) is 1. The molecule has 0 atom stereocenters. The summed E-state index contributed by atoms with van der Waals surface area (Å²) in [5.74, 6) is 0.798. The Balaban J connectivity index is 2.62. The zero-order chi connectivity index (χ0) is 14.7. The maximum Gasteiger partial charge on any atom is 0.144 e. The highest BCUT2D eigenvalue weighted by Gasteiger charge is 2.18. The summed E-state index contributed by atoms with van der Waals surface area (Å²) in [7, 11) is 0. The standard InChI is InChI=1S/C16H20N4/c1-4-20(13-8-6-5-7-11(13)2)16-14(15(17)18)12(3)9-10-19-16/h5-10H,4H2,1-3H3,(H3,17,18). The highest BCUT2D eigenvalue weighted by molar-refractivity contribution is 6.01. The summed E-state index contributed by atoms with van der Waals surface area (Å²) < 4.78 is 0. The summed E-state index contributed by atoms with van der Waals surface area (Å²) in [5, 5.41) is 7.81. The molecular weight excluding hydrogens is 248 g/mol. The van der Waals surface area contributed by atoms with Crippen LogP contribution in [0.5, 0.6) is 0 Å². The number of aryl methyl sites for hydroxylation is 2. The van der Waals surface area contributed by atoms with Gasteiger partial charge in [0.2, 0.25) is 0 Å². The predicted octanol–water partition coefficient (Wildman–Crippen LogP) is 3.14. The lowest BCUT2D eigenvalue weighted by atomic mass is 10.1. The lowest BCUT2D eigenvalue weighted by molar-refractivity contribution is 0.976. The van der Waals surface area contributed by atoms with Gasteiger partial charge >= 0.3 is 0 Å². The van der Waals surface area contributed by atoms with Crippen LogP contribution in [0.4, 0.5) is 11.5 Å². The number of nitrogen functional groups attached to an aromatic ring is 1. The first-order valence-electron chi connectivity index (χ1n) is 6.69. The van der Waals surface area contributed by atoms with Crippen LogP contribution in [0.3, 0.4) is 0 Å². The third-order valence-electron chi connectivity index (χ3n) is 3.39. The molecular formula is C16H20N4. The van der Waals surface area contributed by atoms with Crippen LogP contribution in [0.2, 0.25) is 0 Å². The molecule has 4 heteroatoms. The normalized spacial score (nSPS) is 10.3. The smallest absolute Gasteiger partial charge is 0.144 e. The van der Waals surface area contributed by atoms with Gasteiger partial charge in [0.25, 0.3) is 0 Å². The SMILES string of the molecule is CCN(c1ccccc1C)c1nccc(C)c1C(=N)N. The van der Waals surface area contributed by atoms with Crippen LogP contribution in [-0.4, -0.2) is 17.4 Å². The van der Waals surface area contributed by atoms with Crippen LogP contribution < -0.4 is 10.6 Å². The number of amidine groups is 1. The third-order valence-corrected chi connectivity index (χ3v) is 3.39. The Bertz CT molecular complexity index is 634. The average Bonchev–Trinajstić information content (AvgIpc) is 2.41. The number of aromatic nitrogens is 1. The predicted molar refractivity (Wildman–Crippen MR) is 83.8 cm³/mol. The van der Waals surface area contributed by atoms with Crippen molar-refractivity contribution in [2.75, 3.05) is 11.4 Å². The topological polar surface area (TPSA) is 66.0 Å². The summed E-state index contributed by atoms with van der Waals surface area (Å²) in [6.07, 6.45) is 1.76. The zero-order valence-corrected chi connectivity index (χ0v) is 12.1. The van der Waals surface area contributed by atoms with Crippen LogP contribution in [-0.2, 0) is 0 Å². The minimum Gasteiger partial charge on any atom is -0.384 e. The minimum absolute atomic E-state index is 0.0534. The molecule has 1 aromatic carbocycles. The summed E-state index contributed by atoms with van der Waals surface area (Å²) >= 11 is 0. The molecule has 0 radical (unpaired) electrons. The quantitative estimate of drug-likeness (QED) is 0.661. The number of hydrogen-bond donors (Lipinski definition) is 2. The van der Waals surface area contributed by atoms with E-state index in [1.54, 1.807) is 6.20 Å². The molecule has 0 unspecified atom stereocenters. The molecule has 0 aliphatic heterocycles.